The number of nitrogens with zero attached hydrogens (tertiary/aromatic N) is 2. The predicted octanol–water partition coefficient (Wildman–Crippen LogP) is 2.24. The Kier molecular flexibility index (Phi) is 3.34. The van der Waals surface area contributed by atoms with E-state index in [0.29, 0.717) is 5.06 Å². The number of halogens is 2. The van der Waals surface area contributed by atoms with E-state index in [4.69, 9.17) is 16.4 Å². The van der Waals surface area contributed by atoms with Gasteiger partial charge in [-0.1, -0.05) is 28.8 Å². The third-order valence-corrected chi connectivity index (χ3v) is 3.36. The Balaban J connectivity index is 1.89. The number of amides is 2. The number of carbonyl (C=O) groups is 3. The SMILES string of the molecule is O=C(ON1C(=O)c2ccccc2C1=O)c1ccnc(F)c1Cl. The van der Waals surface area contributed by atoms with E-state index >= 15 is 0 Å². The lowest BCUT2D eigenvalue weighted by atomic mass is 10.1. The number of hydrogen-bond acceptors (Lipinski definition) is 5. The fourth-order valence-corrected chi connectivity index (χ4v) is 2.15. The number of rotatable bonds is 2. The van der Waals surface area contributed by atoms with Crippen LogP contribution in [0.3, 0.4) is 0 Å². The second kappa shape index (κ2) is 5.19. The molecule has 8 heteroatoms. The van der Waals surface area contributed by atoms with E-state index in [1.165, 1.54) is 12.1 Å². The van der Waals surface area contributed by atoms with Crippen LogP contribution >= 0.6 is 11.6 Å². The maximum Gasteiger partial charge on any atom is 0.365 e. The van der Waals surface area contributed by atoms with Gasteiger partial charge in [-0.2, -0.15) is 4.39 Å². The summed E-state index contributed by atoms with van der Waals surface area (Å²) < 4.78 is 13.2. The summed E-state index contributed by atoms with van der Waals surface area (Å²) in [5.74, 6) is -3.75. The van der Waals surface area contributed by atoms with Gasteiger partial charge in [-0.3, -0.25) is 9.59 Å². The molecule has 0 unspecified atom stereocenters. The van der Waals surface area contributed by atoms with Gasteiger partial charge in [-0.15, -0.1) is 0 Å². The number of hydrogen-bond donors (Lipinski definition) is 0. The molecular weight excluding hydrogens is 315 g/mol. The van der Waals surface area contributed by atoms with Gasteiger partial charge >= 0.3 is 5.97 Å². The van der Waals surface area contributed by atoms with Crippen LogP contribution < -0.4 is 0 Å². The molecule has 0 spiro atoms. The molecule has 2 heterocycles. The van der Waals surface area contributed by atoms with Crippen molar-refractivity contribution in [2.24, 2.45) is 0 Å². The van der Waals surface area contributed by atoms with Gasteiger partial charge < -0.3 is 4.84 Å². The minimum absolute atomic E-state index is 0.118. The van der Waals surface area contributed by atoms with Gasteiger partial charge in [0.25, 0.3) is 11.8 Å². The molecule has 2 aromatic rings. The van der Waals surface area contributed by atoms with Crippen molar-refractivity contribution in [3.05, 3.63) is 64.2 Å². The highest BCUT2D eigenvalue weighted by atomic mass is 35.5. The Morgan fingerprint density at radius 2 is 1.73 bits per heavy atom. The van der Waals surface area contributed by atoms with Crippen molar-refractivity contribution in [3.8, 4) is 0 Å². The molecule has 1 aromatic carbocycles. The molecule has 110 valence electrons. The van der Waals surface area contributed by atoms with E-state index in [9.17, 15) is 18.8 Å². The second-order valence-corrected chi connectivity index (χ2v) is 4.67. The zero-order valence-corrected chi connectivity index (χ0v) is 11.5. The van der Waals surface area contributed by atoms with Crippen LogP contribution in [0.2, 0.25) is 5.02 Å². The molecule has 1 aliphatic heterocycles. The van der Waals surface area contributed by atoms with Crippen molar-refractivity contribution < 1.29 is 23.6 Å². The maximum atomic E-state index is 13.2. The Morgan fingerprint density at radius 1 is 1.14 bits per heavy atom. The predicted molar refractivity (Wildman–Crippen MR) is 71.6 cm³/mol. The Hall–Kier alpha value is -2.80. The van der Waals surface area contributed by atoms with Crippen molar-refractivity contribution in [1.82, 2.24) is 10.0 Å². The molecule has 6 nitrogen and oxygen atoms in total. The quantitative estimate of drug-likeness (QED) is 0.626. The summed E-state index contributed by atoms with van der Waals surface area (Å²) in [5, 5.41) is -0.231. The first-order valence-corrected chi connectivity index (χ1v) is 6.38. The second-order valence-electron chi connectivity index (χ2n) is 4.29. The summed E-state index contributed by atoms with van der Waals surface area (Å²) in [6.07, 6.45) is 1.01. The van der Waals surface area contributed by atoms with E-state index in [1.807, 2.05) is 0 Å². The molecule has 0 atom stereocenters. The third-order valence-electron chi connectivity index (χ3n) is 3.00. The molecule has 0 N–H and O–H groups in total. The van der Waals surface area contributed by atoms with E-state index in [1.54, 1.807) is 12.1 Å². The molecule has 0 saturated heterocycles. The van der Waals surface area contributed by atoms with Crippen LogP contribution in [-0.2, 0) is 4.84 Å². The van der Waals surface area contributed by atoms with E-state index in [0.717, 1.165) is 12.3 Å². The molecule has 0 aliphatic carbocycles. The Bertz CT molecular complexity index is 789. The number of hydroxylamine groups is 2. The largest absolute Gasteiger partial charge is 0.365 e. The summed E-state index contributed by atoms with van der Waals surface area (Å²) in [7, 11) is 0. The normalized spacial score (nSPS) is 13.3. The standard InChI is InChI=1S/C14H6ClFN2O4/c15-10-9(5-6-17-11(10)16)14(21)22-18-12(19)7-3-1-2-4-8(7)13(18)20/h1-6H. The molecule has 22 heavy (non-hydrogen) atoms. The molecule has 0 bridgehead atoms. The lowest BCUT2D eigenvalue weighted by Gasteiger charge is -2.13. The first kappa shape index (κ1) is 14.2. The van der Waals surface area contributed by atoms with Gasteiger partial charge in [0, 0.05) is 6.20 Å². The van der Waals surface area contributed by atoms with Gasteiger partial charge in [0.05, 0.1) is 16.7 Å². The first-order valence-electron chi connectivity index (χ1n) is 6.01. The summed E-state index contributed by atoms with van der Waals surface area (Å²) >= 11 is 5.61. The van der Waals surface area contributed by atoms with Gasteiger partial charge in [0.2, 0.25) is 5.95 Å². The molecule has 0 radical (unpaired) electrons. The fourth-order valence-electron chi connectivity index (χ4n) is 1.96. The van der Waals surface area contributed by atoms with Crippen LogP contribution in [0, 0.1) is 5.95 Å². The molecule has 2 amide bonds. The van der Waals surface area contributed by atoms with Crippen molar-refractivity contribution in [3.63, 3.8) is 0 Å². The molecule has 3 rings (SSSR count). The maximum absolute atomic E-state index is 13.2. The summed E-state index contributed by atoms with van der Waals surface area (Å²) in [4.78, 5) is 44.1. The van der Waals surface area contributed by atoms with Crippen LogP contribution in [0.15, 0.2) is 36.5 Å². The van der Waals surface area contributed by atoms with Crippen LogP contribution in [-0.4, -0.2) is 27.8 Å². The monoisotopic (exact) mass is 320 g/mol. The summed E-state index contributed by atoms with van der Waals surface area (Å²) in [6, 6.07) is 7.13. The van der Waals surface area contributed by atoms with Crippen molar-refractivity contribution in [1.29, 1.82) is 0 Å². The van der Waals surface area contributed by atoms with Gasteiger partial charge in [-0.05, 0) is 18.2 Å². The summed E-state index contributed by atoms with van der Waals surface area (Å²) in [6.45, 7) is 0. The van der Waals surface area contributed by atoms with E-state index < -0.39 is 28.8 Å². The lowest BCUT2D eigenvalue weighted by Crippen LogP contribution is -2.32. The van der Waals surface area contributed by atoms with Crippen LogP contribution in [0.1, 0.15) is 31.1 Å². The number of carbonyl (C=O) groups excluding carboxylic acids is 3. The smallest absolute Gasteiger partial charge is 0.324 e. The molecule has 0 saturated carbocycles. The number of aromatic nitrogens is 1. The highest BCUT2D eigenvalue weighted by molar-refractivity contribution is 6.33. The zero-order chi connectivity index (χ0) is 15.9. The van der Waals surface area contributed by atoms with E-state index in [2.05, 4.69) is 4.98 Å². The van der Waals surface area contributed by atoms with Crippen LogP contribution in [0.5, 0.6) is 0 Å². The van der Waals surface area contributed by atoms with E-state index in [-0.39, 0.29) is 16.7 Å². The van der Waals surface area contributed by atoms with Gasteiger partial charge in [-0.25, -0.2) is 9.78 Å². The van der Waals surface area contributed by atoms with Crippen molar-refractivity contribution in [2.75, 3.05) is 0 Å². The molecule has 0 fully saturated rings. The number of pyridine rings is 1. The average Bonchev–Trinajstić information content (AvgIpc) is 2.75. The minimum Gasteiger partial charge on any atom is -0.324 e. The number of imide groups is 1. The highest BCUT2D eigenvalue weighted by Crippen LogP contribution is 2.25. The number of fused-ring (bicyclic) bond motifs is 1. The lowest BCUT2D eigenvalue weighted by molar-refractivity contribution is -0.0584. The average molecular weight is 321 g/mol. The van der Waals surface area contributed by atoms with Gasteiger partial charge in [0.1, 0.15) is 5.02 Å². The third kappa shape index (κ3) is 2.11. The van der Waals surface area contributed by atoms with Crippen molar-refractivity contribution >= 4 is 29.4 Å². The topological polar surface area (TPSA) is 76.6 Å². The Labute approximate surface area is 128 Å². The first-order chi connectivity index (χ1) is 10.5. The summed E-state index contributed by atoms with van der Waals surface area (Å²) in [5.41, 5.74) is -0.106. The molecular formula is C14H6ClFN2O4. The van der Waals surface area contributed by atoms with Crippen molar-refractivity contribution in [2.45, 2.75) is 0 Å². The number of benzene rings is 1. The zero-order valence-electron chi connectivity index (χ0n) is 10.7. The van der Waals surface area contributed by atoms with Crippen LogP contribution in [0.25, 0.3) is 0 Å². The van der Waals surface area contributed by atoms with Gasteiger partial charge in [0.15, 0.2) is 0 Å². The molecule has 1 aliphatic rings. The fraction of sp³-hybridized carbons (Fsp3) is 0. The van der Waals surface area contributed by atoms with Crippen LogP contribution in [0.4, 0.5) is 4.39 Å². The Morgan fingerprint density at radius 3 is 2.32 bits per heavy atom. The minimum atomic E-state index is -1.14. The highest BCUT2D eigenvalue weighted by Gasteiger charge is 2.39. The molecule has 1 aromatic heterocycles.